The van der Waals surface area contributed by atoms with Crippen LogP contribution in [0, 0.1) is 0 Å². The summed E-state index contributed by atoms with van der Waals surface area (Å²) in [4.78, 5) is 21.2. The van der Waals surface area contributed by atoms with Gasteiger partial charge in [0.1, 0.15) is 17.3 Å². The van der Waals surface area contributed by atoms with Gasteiger partial charge in [-0.25, -0.2) is 4.98 Å². The molecule has 2 N–H and O–H groups in total. The number of nitrogens with one attached hydrogen (secondary N) is 2. The minimum absolute atomic E-state index is 0.0891. The van der Waals surface area contributed by atoms with E-state index in [1.54, 1.807) is 12.3 Å². The van der Waals surface area contributed by atoms with Crippen molar-refractivity contribution < 1.29 is 9.53 Å². The first kappa shape index (κ1) is 16.3. The fourth-order valence-electron chi connectivity index (χ4n) is 2.98. The molecule has 1 aliphatic heterocycles. The highest BCUT2D eigenvalue weighted by molar-refractivity contribution is 5.97. The average Bonchev–Trinajstić information content (AvgIpc) is 3.25. The second-order valence-corrected chi connectivity index (χ2v) is 6.86. The standard InChI is InChI=1S/C19H19N5O2/c1-19(2)11-26-16-12(6-5-7-13(16)19)18(25)21-10-15-22-17(24-23-15)14-8-3-4-9-20-14/h3-9H,10-11H2,1-2H3,(H,21,25)(H,22,23,24). The second kappa shape index (κ2) is 6.25. The van der Waals surface area contributed by atoms with E-state index in [9.17, 15) is 4.79 Å². The molecule has 1 aromatic carbocycles. The van der Waals surface area contributed by atoms with Crippen molar-refractivity contribution in [2.24, 2.45) is 0 Å². The smallest absolute Gasteiger partial charge is 0.255 e. The fourth-order valence-corrected chi connectivity index (χ4v) is 2.98. The molecule has 0 saturated heterocycles. The first-order valence-electron chi connectivity index (χ1n) is 8.42. The monoisotopic (exact) mass is 349 g/mol. The van der Waals surface area contributed by atoms with Crippen LogP contribution < -0.4 is 10.1 Å². The minimum Gasteiger partial charge on any atom is -0.492 e. The largest absolute Gasteiger partial charge is 0.492 e. The van der Waals surface area contributed by atoms with Gasteiger partial charge in [-0.1, -0.05) is 32.0 Å². The van der Waals surface area contributed by atoms with E-state index >= 15 is 0 Å². The van der Waals surface area contributed by atoms with E-state index in [0.717, 1.165) is 5.56 Å². The summed E-state index contributed by atoms with van der Waals surface area (Å²) in [6, 6.07) is 11.2. The Morgan fingerprint density at radius 2 is 2.15 bits per heavy atom. The summed E-state index contributed by atoms with van der Waals surface area (Å²) in [5, 5.41) is 9.83. The summed E-state index contributed by atoms with van der Waals surface area (Å²) in [6.45, 7) is 5.02. The molecule has 26 heavy (non-hydrogen) atoms. The van der Waals surface area contributed by atoms with Gasteiger partial charge in [0.15, 0.2) is 5.82 Å². The SMILES string of the molecule is CC1(C)COc2c(C(=O)NCc3nc(-c4ccccn4)n[nH]3)cccc21. The highest BCUT2D eigenvalue weighted by Gasteiger charge is 2.34. The number of ether oxygens (including phenoxy) is 1. The van der Waals surface area contributed by atoms with Crippen molar-refractivity contribution in [3.05, 3.63) is 59.5 Å². The van der Waals surface area contributed by atoms with Crippen LogP contribution in [0.3, 0.4) is 0 Å². The molecule has 0 fully saturated rings. The number of amides is 1. The normalized spacial score (nSPS) is 14.5. The molecule has 2 aromatic heterocycles. The van der Waals surface area contributed by atoms with Crippen molar-refractivity contribution in [2.45, 2.75) is 25.8 Å². The number of hydrogen-bond acceptors (Lipinski definition) is 5. The molecule has 1 aliphatic rings. The Labute approximate surface area is 150 Å². The summed E-state index contributed by atoms with van der Waals surface area (Å²) in [5.74, 6) is 1.53. The van der Waals surface area contributed by atoms with Crippen molar-refractivity contribution in [3.8, 4) is 17.3 Å². The first-order valence-corrected chi connectivity index (χ1v) is 8.42. The number of fused-ring (bicyclic) bond motifs is 1. The van der Waals surface area contributed by atoms with Crippen molar-refractivity contribution in [3.63, 3.8) is 0 Å². The van der Waals surface area contributed by atoms with Crippen LogP contribution in [-0.2, 0) is 12.0 Å². The lowest BCUT2D eigenvalue weighted by Gasteiger charge is -2.15. The Morgan fingerprint density at radius 1 is 1.27 bits per heavy atom. The van der Waals surface area contributed by atoms with Crippen molar-refractivity contribution in [1.82, 2.24) is 25.5 Å². The van der Waals surface area contributed by atoms with Crippen LogP contribution in [0.15, 0.2) is 42.6 Å². The molecule has 3 heterocycles. The van der Waals surface area contributed by atoms with Crippen molar-refractivity contribution in [2.75, 3.05) is 6.61 Å². The lowest BCUT2D eigenvalue weighted by atomic mass is 9.86. The summed E-state index contributed by atoms with van der Waals surface area (Å²) in [5.41, 5.74) is 2.19. The molecule has 1 amide bonds. The van der Waals surface area contributed by atoms with Gasteiger partial charge in [0.2, 0.25) is 0 Å². The quantitative estimate of drug-likeness (QED) is 0.755. The molecule has 7 nitrogen and oxygen atoms in total. The molecule has 0 radical (unpaired) electrons. The molecule has 0 spiro atoms. The van der Waals surface area contributed by atoms with Gasteiger partial charge >= 0.3 is 0 Å². The van der Waals surface area contributed by atoms with Gasteiger partial charge in [0.25, 0.3) is 5.91 Å². The zero-order chi connectivity index (χ0) is 18.1. The van der Waals surface area contributed by atoms with E-state index in [1.165, 1.54) is 0 Å². The van der Waals surface area contributed by atoms with Crippen LogP contribution in [0.1, 0.15) is 35.6 Å². The van der Waals surface area contributed by atoms with E-state index in [4.69, 9.17) is 4.74 Å². The lowest BCUT2D eigenvalue weighted by Crippen LogP contribution is -2.24. The Hall–Kier alpha value is -3.22. The third-order valence-electron chi connectivity index (χ3n) is 4.41. The second-order valence-electron chi connectivity index (χ2n) is 6.86. The number of rotatable bonds is 4. The van der Waals surface area contributed by atoms with Crippen LogP contribution in [-0.4, -0.2) is 32.7 Å². The average molecular weight is 349 g/mol. The molecular weight excluding hydrogens is 330 g/mol. The number of H-pyrrole nitrogens is 1. The van der Waals surface area contributed by atoms with Gasteiger partial charge in [-0.2, -0.15) is 5.10 Å². The number of aromatic amines is 1. The predicted molar refractivity (Wildman–Crippen MR) is 95.7 cm³/mol. The molecule has 0 aliphatic carbocycles. The van der Waals surface area contributed by atoms with Crippen LogP contribution in [0.5, 0.6) is 5.75 Å². The maximum atomic E-state index is 12.6. The summed E-state index contributed by atoms with van der Waals surface area (Å²) >= 11 is 0. The molecular formula is C19H19N5O2. The molecule has 0 unspecified atom stereocenters. The van der Waals surface area contributed by atoms with Gasteiger partial charge < -0.3 is 10.1 Å². The molecule has 132 valence electrons. The number of hydrogen-bond donors (Lipinski definition) is 2. The zero-order valence-corrected chi connectivity index (χ0v) is 14.6. The first-order chi connectivity index (χ1) is 12.5. The third-order valence-corrected chi connectivity index (χ3v) is 4.41. The number of para-hydroxylation sites is 1. The minimum atomic E-state index is -0.199. The van der Waals surface area contributed by atoms with E-state index in [1.807, 2.05) is 30.3 Å². The van der Waals surface area contributed by atoms with Crippen LogP contribution in [0.4, 0.5) is 0 Å². The molecule has 3 aromatic rings. The summed E-state index contributed by atoms with van der Waals surface area (Å²) < 4.78 is 5.78. The van der Waals surface area contributed by atoms with Crippen LogP contribution >= 0.6 is 0 Å². The van der Waals surface area contributed by atoms with Crippen molar-refractivity contribution in [1.29, 1.82) is 0 Å². The molecule has 4 rings (SSSR count). The van der Waals surface area contributed by atoms with E-state index in [2.05, 4.69) is 39.3 Å². The van der Waals surface area contributed by atoms with Crippen LogP contribution in [0.2, 0.25) is 0 Å². The Morgan fingerprint density at radius 3 is 2.96 bits per heavy atom. The van der Waals surface area contributed by atoms with Gasteiger partial charge in [-0.05, 0) is 18.2 Å². The van der Waals surface area contributed by atoms with Gasteiger partial charge in [-0.3, -0.25) is 14.9 Å². The van der Waals surface area contributed by atoms with Gasteiger partial charge in [0, 0.05) is 17.2 Å². The Balaban J connectivity index is 1.48. The highest BCUT2D eigenvalue weighted by atomic mass is 16.5. The Kier molecular flexibility index (Phi) is 3.91. The van der Waals surface area contributed by atoms with Crippen LogP contribution in [0.25, 0.3) is 11.5 Å². The number of aromatic nitrogens is 4. The third kappa shape index (κ3) is 2.92. The fraction of sp³-hybridized carbons (Fsp3) is 0.263. The molecule has 0 saturated carbocycles. The molecule has 7 heteroatoms. The van der Waals surface area contributed by atoms with E-state index < -0.39 is 0 Å². The van der Waals surface area contributed by atoms with Gasteiger partial charge in [0.05, 0.1) is 18.7 Å². The Bertz CT molecular complexity index is 950. The zero-order valence-electron chi connectivity index (χ0n) is 14.6. The number of carbonyl (C=O) groups excluding carboxylic acids is 1. The number of pyridine rings is 1. The van der Waals surface area contributed by atoms with Crippen molar-refractivity contribution >= 4 is 5.91 Å². The lowest BCUT2D eigenvalue weighted by molar-refractivity contribution is 0.0946. The van der Waals surface area contributed by atoms with Gasteiger partial charge in [-0.15, -0.1) is 0 Å². The summed E-state index contributed by atoms with van der Waals surface area (Å²) in [7, 11) is 0. The number of benzene rings is 1. The maximum Gasteiger partial charge on any atom is 0.255 e. The predicted octanol–water partition coefficient (Wildman–Crippen LogP) is 2.47. The number of carbonyl (C=O) groups is 1. The maximum absolute atomic E-state index is 12.6. The summed E-state index contributed by atoms with van der Waals surface area (Å²) in [6.07, 6.45) is 1.69. The molecule has 0 atom stereocenters. The number of nitrogens with zero attached hydrogens (tertiary/aromatic N) is 3. The van der Waals surface area contributed by atoms with E-state index in [0.29, 0.717) is 35.3 Å². The highest BCUT2D eigenvalue weighted by Crippen LogP contribution is 2.40. The van der Waals surface area contributed by atoms with E-state index in [-0.39, 0.29) is 17.9 Å². The topological polar surface area (TPSA) is 92.8 Å². The molecule has 0 bridgehead atoms.